The van der Waals surface area contributed by atoms with Gasteiger partial charge in [-0.15, -0.1) is 0 Å². The van der Waals surface area contributed by atoms with Crippen LogP contribution in [-0.4, -0.2) is 65.7 Å². The second-order valence-corrected chi connectivity index (χ2v) is 3.97. The van der Waals surface area contributed by atoms with E-state index in [0.717, 1.165) is 0 Å². The van der Waals surface area contributed by atoms with E-state index in [1.807, 2.05) is 0 Å². The van der Waals surface area contributed by atoms with Gasteiger partial charge in [0.25, 0.3) is 5.97 Å². The van der Waals surface area contributed by atoms with Crippen molar-refractivity contribution < 1.29 is 34.3 Å². The lowest BCUT2D eigenvalue weighted by atomic mass is 9.99. The highest BCUT2D eigenvalue weighted by molar-refractivity contribution is 4.93. The van der Waals surface area contributed by atoms with Crippen molar-refractivity contribution in [2.45, 2.75) is 43.6 Å². The zero-order valence-electron chi connectivity index (χ0n) is 9.07. The third kappa shape index (κ3) is 1.84. The summed E-state index contributed by atoms with van der Waals surface area (Å²) in [7, 11) is 1.39. The molecule has 7 heteroatoms. The van der Waals surface area contributed by atoms with Crippen LogP contribution in [0.5, 0.6) is 0 Å². The van der Waals surface area contributed by atoms with Crippen molar-refractivity contribution in [2.75, 3.05) is 13.7 Å². The first-order valence-corrected chi connectivity index (χ1v) is 5.04. The lowest BCUT2D eigenvalue weighted by Gasteiger charge is -2.36. The monoisotopic (exact) mass is 236 g/mol. The molecule has 0 aromatic carbocycles. The predicted octanol–water partition coefficient (Wildman–Crippen LogP) is -1.84. The normalized spacial score (nSPS) is 52.7. The van der Waals surface area contributed by atoms with Crippen LogP contribution in [0.3, 0.4) is 0 Å². The van der Waals surface area contributed by atoms with Gasteiger partial charge in [0, 0.05) is 14.0 Å². The smallest absolute Gasteiger partial charge is 0.282 e. The Morgan fingerprint density at radius 2 is 1.94 bits per heavy atom. The zero-order valence-corrected chi connectivity index (χ0v) is 9.07. The van der Waals surface area contributed by atoms with Crippen molar-refractivity contribution in [3.05, 3.63) is 0 Å². The van der Waals surface area contributed by atoms with Crippen molar-refractivity contribution in [2.24, 2.45) is 0 Å². The first kappa shape index (κ1) is 12.2. The van der Waals surface area contributed by atoms with E-state index in [2.05, 4.69) is 0 Å². The minimum atomic E-state index is -1.31. The van der Waals surface area contributed by atoms with Crippen LogP contribution in [-0.2, 0) is 18.9 Å². The Morgan fingerprint density at radius 3 is 2.50 bits per heavy atom. The maximum Gasteiger partial charge on any atom is 0.282 e. The highest BCUT2D eigenvalue weighted by atomic mass is 16.9. The van der Waals surface area contributed by atoms with Crippen LogP contribution in [0.15, 0.2) is 0 Å². The first-order chi connectivity index (χ1) is 7.50. The van der Waals surface area contributed by atoms with Gasteiger partial charge in [0.1, 0.15) is 24.4 Å². The van der Waals surface area contributed by atoms with E-state index < -0.39 is 43.3 Å². The van der Waals surface area contributed by atoms with Crippen LogP contribution < -0.4 is 0 Å². The summed E-state index contributed by atoms with van der Waals surface area (Å²) in [4.78, 5) is 0. The average Bonchev–Trinajstić information content (AvgIpc) is 2.62. The molecule has 3 N–H and O–H groups in total. The molecule has 2 saturated heterocycles. The molecule has 0 aromatic rings. The Balaban J connectivity index is 2.13. The molecule has 7 nitrogen and oxygen atoms in total. The Morgan fingerprint density at radius 1 is 1.25 bits per heavy atom. The average molecular weight is 236 g/mol. The Bertz CT molecular complexity index is 260. The number of rotatable bonds is 2. The van der Waals surface area contributed by atoms with Crippen LogP contribution in [0, 0.1) is 0 Å². The third-order valence-electron chi connectivity index (χ3n) is 2.88. The zero-order chi connectivity index (χ0) is 11.9. The van der Waals surface area contributed by atoms with Crippen molar-refractivity contribution >= 4 is 0 Å². The molecule has 6 atom stereocenters. The van der Waals surface area contributed by atoms with Gasteiger partial charge in [-0.2, -0.15) is 0 Å². The number of aliphatic hydroxyl groups is 3. The van der Waals surface area contributed by atoms with Gasteiger partial charge in [0.05, 0.1) is 6.61 Å². The second kappa shape index (κ2) is 4.19. The third-order valence-corrected chi connectivity index (χ3v) is 2.88. The number of hydrogen-bond donors (Lipinski definition) is 3. The molecule has 2 rings (SSSR count). The van der Waals surface area contributed by atoms with Gasteiger partial charge in [0.2, 0.25) is 0 Å². The molecule has 0 bridgehead atoms. The molecular formula is C9H16O7. The van der Waals surface area contributed by atoms with Crippen molar-refractivity contribution in [3.63, 3.8) is 0 Å². The quantitative estimate of drug-likeness (QED) is 0.518. The van der Waals surface area contributed by atoms with Crippen LogP contribution in [0.25, 0.3) is 0 Å². The fourth-order valence-corrected chi connectivity index (χ4v) is 1.86. The molecule has 0 radical (unpaired) electrons. The Labute approximate surface area is 92.5 Å². The van der Waals surface area contributed by atoms with E-state index in [4.69, 9.17) is 24.1 Å². The lowest BCUT2D eigenvalue weighted by Crippen LogP contribution is -2.57. The van der Waals surface area contributed by atoms with Crippen LogP contribution >= 0.6 is 0 Å². The van der Waals surface area contributed by atoms with Gasteiger partial charge in [-0.05, 0) is 0 Å². The van der Waals surface area contributed by atoms with E-state index >= 15 is 0 Å². The van der Waals surface area contributed by atoms with Gasteiger partial charge >= 0.3 is 0 Å². The molecule has 94 valence electrons. The minimum Gasteiger partial charge on any atom is -0.394 e. The first-order valence-electron chi connectivity index (χ1n) is 5.04. The molecule has 0 spiro atoms. The molecule has 0 unspecified atom stereocenters. The topological polar surface area (TPSA) is 97.6 Å². The largest absolute Gasteiger partial charge is 0.394 e. The fourth-order valence-electron chi connectivity index (χ4n) is 1.86. The maximum absolute atomic E-state index is 9.78. The van der Waals surface area contributed by atoms with E-state index in [-0.39, 0.29) is 0 Å². The van der Waals surface area contributed by atoms with Crippen LogP contribution in [0.2, 0.25) is 0 Å². The van der Waals surface area contributed by atoms with Gasteiger partial charge in [-0.1, -0.05) is 0 Å². The van der Waals surface area contributed by atoms with Gasteiger partial charge in [-0.3, -0.25) is 4.74 Å². The summed E-state index contributed by atoms with van der Waals surface area (Å²) in [5, 5.41) is 28.4. The maximum atomic E-state index is 9.78. The Kier molecular flexibility index (Phi) is 3.19. The highest BCUT2D eigenvalue weighted by Gasteiger charge is 2.55. The molecule has 0 amide bonds. The predicted molar refractivity (Wildman–Crippen MR) is 49.1 cm³/mol. The van der Waals surface area contributed by atoms with E-state index in [9.17, 15) is 10.2 Å². The Hall–Kier alpha value is -0.280. The molecule has 2 fully saturated rings. The fraction of sp³-hybridized carbons (Fsp3) is 1.00. The van der Waals surface area contributed by atoms with Crippen molar-refractivity contribution in [3.8, 4) is 0 Å². The van der Waals surface area contributed by atoms with Crippen molar-refractivity contribution in [1.29, 1.82) is 0 Å². The second-order valence-electron chi connectivity index (χ2n) is 3.97. The summed E-state index contributed by atoms with van der Waals surface area (Å²) < 4.78 is 20.8. The standard InChI is InChI=1S/C9H16O7/c1-9(13-2)15-7-6(12)5(11)4(3-10)14-8(7)16-9/h4-8,10-12H,3H2,1-2H3/t4-,5-,6+,7+,8+,9-/m0/s1. The summed E-state index contributed by atoms with van der Waals surface area (Å²) in [5.41, 5.74) is 0. The molecule has 2 aliphatic heterocycles. The number of hydrogen-bond acceptors (Lipinski definition) is 7. The summed E-state index contributed by atoms with van der Waals surface area (Å²) in [5.74, 6) is -1.31. The minimum absolute atomic E-state index is 0.408. The van der Waals surface area contributed by atoms with Gasteiger partial charge in [-0.25, -0.2) is 0 Å². The summed E-state index contributed by atoms with van der Waals surface area (Å²) in [6, 6.07) is 0. The van der Waals surface area contributed by atoms with Crippen LogP contribution in [0.1, 0.15) is 6.92 Å². The van der Waals surface area contributed by atoms with Gasteiger partial charge in [0.15, 0.2) is 6.29 Å². The highest BCUT2D eigenvalue weighted by Crippen LogP contribution is 2.36. The number of fused-ring (bicyclic) bond motifs is 1. The lowest BCUT2D eigenvalue weighted by molar-refractivity contribution is -0.334. The SMILES string of the molecule is CO[C@]1(C)O[C@H]2O[C@@H](CO)[C@H](O)[C@@H](O)[C@H]2O1. The molecule has 0 aromatic heterocycles. The van der Waals surface area contributed by atoms with Gasteiger partial charge < -0.3 is 29.5 Å². The number of aliphatic hydroxyl groups excluding tert-OH is 3. The molecule has 0 saturated carbocycles. The molecule has 0 aliphatic carbocycles. The van der Waals surface area contributed by atoms with E-state index in [1.54, 1.807) is 0 Å². The summed E-state index contributed by atoms with van der Waals surface area (Å²) in [6.45, 7) is 1.12. The molecule has 2 heterocycles. The molecular weight excluding hydrogens is 220 g/mol. The van der Waals surface area contributed by atoms with Crippen molar-refractivity contribution in [1.82, 2.24) is 0 Å². The number of ether oxygens (including phenoxy) is 4. The van der Waals surface area contributed by atoms with E-state index in [0.29, 0.717) is 0 Å². The summed E-state index contributed by atoms with van der Waals surface area (Å²) in [6.07, 6.45) is -4.98. The number of methoxy groups -OCH3 is 1. The van der Waals surface area contributed by atoms with Crippen LogP contribution in [0.4, 0.5) is 0 Å². The summed E-state index contributed by atoms with van der Waals surface area (Å²) >= 11 is 0. The molecule has 16 heavy (non-hydrogen) atoms. The van der Waals surface area contributed by atoms with E-state index in [1.165, 1.54) is 14.0 Å². The molecule has 2 aliphatic rings.